The normalized spacial score (nSPS) is 10.3. The molecule has 0 fully saturated rings. The minimum Gasteiger partial charge on any atom is -0.321 e. The Bertz CT molecular complexity index is 810. The van der Waals surface area contributed by atoms with E-state index in [0.29, 0.717) is 15.7 Å². The van der Waals surface area contributed by atoms with Crippen LogP contribution in [0.4, 0.5) is 5.69 Å². The summed E-state index contributed by atoms with van der Waals surface area (Å²) in [5.74, 6) is -0.294. The summed E-state index contributed by atoms with van der Waals surface area (Å²) in [4.78, 5) is 13.0. The molecule has 1 heterocycles. The van der Waals surface area contributed by atoms with E-state index in [9.17, 15) is 4.79 Å². The summed E-state index contributed by atoms with van der Waals surface area (Å²) >= 11 is 7.51. The monoisotopic (exact) mass is 341 g/mol. The van der Waals surface area contributed by atoms with Crippen molar-refractivity contribution in [3.05, 3.63) is 77.4 Å². The number of aromatic nitrogens is 2. The van der Waals surface area contributed by atoms with Crippen LogP contribution in [0.15, 0.2) is 76.7 Å². The second-order valence-electron chi connectivity index (χ2n) is 4.61. The van der Waals surface area contributed by atoms with Crippen molar-refractivity contribution < 1.29 is 4.79 Å². The van der Waals surface area contributed by atoms with Crippen molar-refractivity contribution in [2.75, 3.05) is 5.32 Å². The van der Waals surface area contributed by atoms with E-state index < -0.39 is 0 Å². The summed E-state index contributed by atoms with van der Waals surface area (Å²) < 4.78 is 0. The first-order valence-electron chi connectivity index (χ1n) is 6.85. The molecule has 0 bridgehead atoms. The second kappa shape index (κ2) is 7.26. The first-order valence-corrected chi connectivity index (χ1v) is 8.04. The number of benzene rings is 2. The molecule has 3 rings (SSSR count). The molecular weight excluding hydrogens is 330 g/mol. The first kappa shape index (κ1) is 15.5. The molecule has 1 aromatic heterocycles. The Morgan fingerprint density at radius 3 is 2.35 bits per heavy atom. The summed E-state index contributed by atoms with van der Waals surface area (Å²) in [6, 6.07) is 20.1. The van der Waals surface area contributed by atoms with Gasteiger partial charge in [0.05, 0.1) is 5.02 Å². The molecule has 1 amide bonds. The molecule has 0 aliphatic heterocycles. The van der Waals surface area contributed by atoms with Gasteiger partial charge in [-0.2, -0.15) is 0 Å². The van der Waals surface area contributed by atoms with Gasteiger partial charge in [0.15, 0.2) is 5.69 Å². The van der Waals surface area contributed by atoms with E-state index in [1.54, 1.807) is 12.1 Å². The standard InChI is InChI=1S/C17H12ClN3OS/c18-13-8-4-5-9-15(13)23-16-11-10-14(20-21-16)17(22)19-12-6-2-1-3-7-12/h1-11H,(H,19,22). The lowest BCUT2D eigenvalue weighted by atomic mass is 10.3. The number of carbonyl (C=O) groups is 1. The average Bonchev–Trinajstić information content (AvgIpc) is 2.58. The number of anilines is 1. The smallest absolute Gasteiger partial charge is 0.276 e. The highest BCUT2D eigenvalue weighted by atomic mass is 35.5. The van der Waals surface area contributed by atoms with Crippen molar-refractivity contribution in [2.24, 2.45) is 0 Å². The average molecular weight is 342 g/mol. The number of hydrogen-bond donors (Lipinski definition) is 1. The number of halogens is 1. The van der Waals surface area contributed by atoms with Crippen molar-refractivity contribution in [2.45, 2.75) is 9.92 Å². The molecule has 0 saturated carbocycles. The highest BCUT2D eigenvalue weighted by Gasteiger charge is 2.09. The molecule has 0 saturated heterocycles. The van der Waals surface area contributed by atoms with Crippen LogP contribution >= 0.6 is 23.4 Å². The molecule has 114 valence electrons. The van der Waals surface area contributed by atoms with Crippen LogP contribution in [0.1, 0.15) is 10.5 Å². The molecule has 0 unspecified atom stereocenters. The number of amides is 1. The predicted octanol–water partition coefficient (Wildman–Crippen LogP) is 4.53. The van der Waals surface area contributed by atoms with Crippen LogP contribution in [-0.2, 0) is 0 Å². The zero-order valence-electron chi connectivity index (χ0n) is 11.9. The van der Waals surface area contributed by atoms with Crippen LogP contribution in [0.5, 0.6) is 0 Å². The van der Waals surface area contributed by atoms with Gasteiger partial charge in [-0.15, -0.1) is 10.2 Å². The van der Waals surface area contributed by atoms with Gasteiger partial charge >= 0.3 is 0 Å². The number of para-hydroxylation sites is 1. The molecule has 0 atom stereocenters. The molecular formula is C17H12ClN3OS. The lowest BCUT2D eigenvalue weighted by molar-refractivity contribution is 0.102. The largest absolute Gasteiger partial charge is 0.321 e. The van der Waals surface area contributed by atoms with Crippen molar-refractivity contribution in [3.8, 4) is 0 Å². The van der Waals surface area contributed by atoms with Gasteiger partial charge in [0.1, 0.15) is 5.03 Å². The molecule has 0 aliphatic rings. The van der Waals surface area contributed by atoms with E-state index in [1.165, 1.54) is 11.8 Å². The maximum absolute atomic E-state index is 12.1. The third-order valence-electron chi connectivity index (χ3n) is 2.96. The van der Waals surface area contributed by atoms with Gasteiger partial charge in [-0.05, 0) is 36.4 Å². The van der Waals surface area contributed by atoms with Crippen molar-refractivity contribution in [1.29, 1.82) is 0 Å². The SMILES string of the molecule is O=C(Nc1ccccc1)c1ccc(Sc2ccccc2Cl)nn1. The van der Waals surface area contributed by atoms with E-state index in [-0.39, 0.29) is 11.6 Å². The minimum absolute atomic E-state index is 0.261. The van der Waals surface area contributed by atoms with E-state index in [4.69, 9.17) is 11.6 Å². The van der Waals surface area contributed by atoms with Gasteiger partial charge in [-0.1, -0.05) is 53.7 Å². The van der Waals surface area contributed by atoms with Gasteiger partial charge in [-0.3, -0.25) is 4.79 Å². The van der Waals surface area contributed by atoms with Crippen molar-refractivity contribution in [3.63, 3.8) is 0 Å². The molecule has 6 heteroatoms. The molecule has 0 aliphatic carbocycles. The Kier molecular flexibility index (Phi) is 4.90. The molecule has 0 spiro atoms. The van der Waals surface area contributed by atoms with Crippen LogP contribution in [0.2, 0.25) is 5.02 Å². The van der Waals surface area contributed by atoms with Crippen LogP contribution < -0.4 is 5.32 Å². The van der Waals surface area contributed by atoms with Crippen molar-refractivity contribution >= 4 is 35.0 Å². The third-order valence-corrected chi connectivity index (χ3v) is 4.40. The Labute approximate surface area is 142 Å². The predicted molar refractivity (Wildman–Crippen MR) is 92.0 cm³/mol. The maximum Gasteiger partial charge on any atom is 0.276 e. The minimum atomic E-state index is -0.294. The quantitative estimate of drug-likeness (QED) is 0.757. The van der Waals surface area contributed by atoms with Gasteiger partial charge in [0, 0.05) is 10.6 Å². The Balaban J connectivity index is 1.69. The van der Waals surface area contributed by atoms with Crippen LogP contribution in [-0.4, -0.2) is 16.1 Å². The molecule has 3 aromatic rings. The van der Waals surface area contributed by atoms with E-state index >= 15 is 0 Å². The topological polar surface area (TPSA) is 54.9 Å². The number of carbonyl (C=O) groups excluding carboxylic acids is 1. The number of nitrogens with zero attached hydrogens (tertiary/aromatic N) is 2. The lowest BCUT2D eigenvalue weighted by Crippen LogP contribution is -2.14. The first-order chi connectivity index (χ1) is 11.2. The zero-order valence-corrected chi connectivity index (χ0v) is 13.5. The highest BCUT2D eigenvalue weighted by molar-refractivity contribution is 7.99. The summed E-state index contributed by atoms with van der Waals surface area (Å²) in [7, 11) is 0. The van der Waals surface area contributed by atoms with E-state index in [2.05, 4.69) is 15.5 Å². The van der Waals surface area contributed by atoms with Gasteiger partial charge in [-0.25, -0.2) is 0 Å². The fourth-order valence-corrected chi connectivity index (χ4v) is 2.86. The summed E-state index contributed by atoms with van der Waals surface area (Å²) in [6.07, 6.45) is 0. The summed E-state index contributed by atoms with van der Waals surface area (Å²) in [5, 5.41) is 12.1. The molecule has 0 radical (unpaired) electrons. The summed E-state index contributed by atoms with van der Waals surface area (Å²) in [5.41, 5.74) is 0.978. The maximum atomic E-state index is 12.1. The fourth-order valence-electron chi connectivity index (χ4n) is 1.85. The van der Waals surface area contributed by atoms with Crippen LogP contribution in [0.25, 0.3) is 0 Å². The second-order valence-corrected chi connectivity index (χ2v) is 6.08. The van der Waals surface area contributed by atoms with Crippen LogP contribution in [0, 0.1) is 0 Å². The lowest BCUT2D eigenvalue weighted by Gasteiger charge is -2.05. The number of nitrogens with one attached hydrogen (secondary N) is 1. The third kappa shape index (κ3) is 4.09. The summed E-state index contributed by atoms with van der Waals surface area (Å²) in [6.45, 7) is 0. The molecule has 2 aromatic carbocycles. The van der Waals surface area contributed by atoms with Gasteiger partial charge in [0.25, 0.3) is 5.91 Å². The number of rotatable bonds is 4. The van der Waals surface area contributed by atoms with E-state index in [1.807, 2.05) is 54.6 Å². The molecule has 4 nitrogen and oxygen atoms in total. The zero-order chi connectivity index (χ0) is 16.1. The van der Waals surface area contributed by atoms with Crippen LogP contribution in [0.3, 0.4) is 0 Å². The number of hydrogen-bond acceptors (Lipinski definition) is 4. The Hall–Kier alpha value is -2.37. The van der Waals surface area contributed by atoms with Crippen molar-refractivity contribution in [1.82, 2.24) is 10.2 Å². The van der Waals surface area contributed by atoms with Gasteiger partial charge < -0.3 is 5.32 Å². The highest BCUT2D eigenvalue weighted by Crippen LogP contribution is 2.31. The molecule has 23 heavy (non-hydrogen) atoms. The van der Waals surface area contributed by atoms with Gasteiger partial charge in [0.2, 0.25) is 0 Å². The Morgan fingerprint density at radius 1 is 0.913 bits per heavy atom. The Morgan fingerprint density at radius 2 is 1.65 bits per heavy atom. The van der Waals surface area contributed by atoms with E-state index in [0.717, 1.165) is 4.90 Å². The fraction of sp³-hybridized carbons (Fsp3) is 0. The molecule has 1 N–H and O–H groups in total.